The number of hydrogen-bond donors (Lipinski definition) is 1. The maximum Gasteiger partial charge on any atom is 0.121 e. The van der Waals surface area contributed by atoms with Gasteiger partial charge in [0.25, 0.3) is 0 Å². The predicted octanol–water partition coefficient (Wildman–Crippen LogP) is 3.08. The van der Waals surface area contributed by atoms with Gasteiger partial charge in [-0.2, -0.15) is 0 Å². The SMILES string of the molecule is C=C(CNC(C)(C)C)COc1cccc(N(C)C)c1. The van der Waals surface area contributed by atoms with Gasteiger partial charge in [-0.3, -0.25) is 0 Å². The van der Waals surface area contributed by atoms with Crippen molar-refractivity contribution in [1.29, 1.82) is 0 Å². The Morgan fingerprint density at radius 1 is 1.32 bits per heavy atom. The molecule has 0 spiro atoms. The third-order valence-corrected chi connectivity index (χ3v) is 2.65. The van der Waals surface area contributed by atoms with Crippen molar-refractivity contribution in [1.82, 2.24) is 5.32 Å². The van der Waals surface area contributed by atoms with Crippen molar-refractivity contribution < 1.29 is 4.74 Å². The molecular weight excluding hydrogens is 236 g/mol. The Morgan fingerprint density at radius 2 is 2.00 bits per heavy atom. The second kappa shape index (κ2) is 6.62. The summed E-state index contributed by atoms with van der Waals surface area (Å²) in [6, 6.07) is 8.06. The third kappa shape index (κ3) is 6.30. The van der Waals surface area contributed by atoms with Crippen LogP contribution in [-0.4, -0.2) is 32.8 Å². The van der Waals surface area contributed by atoms with E-state index >= 15 is 0 Å². The van der Waals surface area contributed by atoms with Crippen LogP contribution in [0.3, 0.4) is 0 Å². The summed E-state index contributed by atoms with van der Waals surface area (Å²) in [5, 5.41) is 3.40. The Labute approximate surface area is 117 Å². The van der Waals surface area contributed by atoms with E-state index in [-0.39, 0.29) is 5.54 Å². The zero-order chi connectivity index (χ0) is 14.5. The van der Waals surface area contributed by atoms with E-state index in [1.807, 2.05) is 32.3 Å². The second-order valence-electron chi connectivity index (χ2n) is 6.03. The molecule has 0 aliphatic rings. The van der Waals surface area contributed by atoms with Crippen molar-refractivity contribution in [3.8, 4) is 5.75 Å². The van der Waals surface area contributed by atoms with Crippen LogP contribution in [0.5, 0.6) is 5.75 Å². The maximum atomic E-state index is 5.76. The smallest absolute Gasteiger partial charge is 0.121 e. The lowest BCUT2D eigenvalue weighted by Gasteiger charge is -2.21. The first-order valence-electron chi connectivity index (χ1n) is 6.60. The molecule has 0 fully saturated rings. The van der Waals surface area contributed by atoms with E-state index in [9.17, 15) is 0 Å². The fourth-order valence-corrected chi connectivity index (χ4v) is 1.48. The summed E-state index contributed by atoms with van der Waals surface area (Å²) < 4.78 is 5.76. The summed E-state index contributed by atoms with van der Waals surface area (Å²) >= 11 is 0. The Bertz CT molecular complexity index is 419. The summed E-state index contributed by atoms with van der Waals surface area (Å²) in [5.41, 5.74) is 2.29. The standard InChI is InChI=1S/C16H26N2O/c1-13(11-17-16(2,3)4)12-19-15-9-7-8-14(10-15)18(5)6/h7-10,17H,1,11-12H2,2-6H3. The number of nitrogens with zero attached hydrogens (tertiary/aromatic N) is 1. The first-order valence-corrected chi connectivity index (χ1v) is 6.60. The molecular formula is C16H26N2O. The van der Waals surface area contributed by atoms with Gasteiger partial charge < -0.3 is 15.0 Å². The van der Waals surface area contributed by atoms with Crippen molar-refractivity contribution in [2.45, 2.75) is 26.3 Å². The topological polar surface area (TPSA) is 24.5 Å². The van der Waals surface area contributed by atoms with Crippen molar-refractivity contribution in [3.05, 3.63) is 36.4 Å². The molecule has 1 aromatic carbocycles. The Morgan fingerprint density at radius 3 is 2.58 bits per heavy atom. The van der Waals surface area contributed by atoms with Gasteiger partial charge in [-0.25, -0.2) is 0 Å². The van der Waals surface area contributed by atoms with Gasteiger partial charge in [-0.05, 0) is 38.5 Å². The minimum absolute atomic E-state index is 0.105. The molecule has 0 radical (unpaired) electrons. The normalized spacial score (nSPS) is 11.2. The van der Waals surface area contributed by atoms with E-state index in [1.165, 1.54) is 0 Å². The van der Waals surface area contributed by atoms with E-state index < -0.39 is 0 Å². The van der Waals surface area contributed by atoms with Crippen LogP contribution in [0, 0.1) is 0 Å². The summed E-state index contributed by atoms with van der Waals surface area (Å²) in [6.45, 7) is 11.8. The number of rotatable bonds is 6. The number of ether oxygens (including phenoxy) is 1. The highest BCUT2D eigenvalue weighted by Crippen LogP contribution is 2.19. The van der Waals surface area contributed by atoms with Crippen LogP contribution in [0.15, 0.2) is 36.4 Å². The summed E-state index contributed by atoms with van der Waals surface area (Å²) in [5.74, 6) is 0.878. The van der Waals surface area contributed by atoms with E-state index in [4.69, 9.17) is 4.74 Å². The first kappa shape index (κ1) is 15.6. The zero-order valence-electron chi connectivity index (χ0n) is 12.8. The van der Waals surface area contributed by atoms with Gasteiger partial charge in [-0.1, -0.05) is 12.6 Å². The minimum Gasteiger partial charge on any atom is -0.489 e. The van der Waals surface area contributed by atoms with Crippen LogP contribution in [-0.2, 0) is 0 Å². The van der Waals surface area contributed by atoms with Crippen molar-refractivity contribution in [2.75, 3.05) is 32.1 Å². The van der Waals surface area contributed by atoms with Gasteiger partial charge in [0.05, 0.1) is 0 Å². The molecule has 0 unspecified atom stereocenters. The number of benzene rings is 1. The molecule has 19 heavy (non-hydrogen) atoms. The summed E-state index contributed by atoms with van der Waals surface area (Å²) in [6.07, 6.45) is 0. The maximum absolute atomic E-state index is 5.76. The molecule has 0 bridgehead atoms. The van der Waals surface area contributed by atoms with Crippen LogP contribution in [0.2, 0.25) is 0 Å². The van der Waals surface area contributed by atoms with E-state index in [2.05, 4.69) is 43.6 Å². The van der Waals surface area contributed by atoms with Crippen LogP contribution in [0.25, 0.3) is 0 Å². The molecule has 0 aliphatic heterocycles. The van der Waals surface area contributed by atoms with Crippen molar-refractivity contribution >= 4 is 5.69 Å². The van der Waals surface area contributed by atoms with Crippen LogP contribution in [0.4, 0.5) is 5.69 Å². The quantitative estimate of drug-likeness (QED) is 0.797. The molecule has 0 amide bonds. The Balaban J connectivity index is 2.44. The summed E-state index contributed by atoms with van der Waals surface area (Å²) in [4.78, 5) is 2.06. The first-order chi connectivity index (χ1) is 8.78. The highest BCUT2D eigenvalue weighted by atomic mass is 16.5. The molecule has 0 saturated carbocycles. The fraction of sp³-hybridized carbons (Fsp3) is 0.500. The monoisotopic (exact) mass is 262 g/mol. The van der Waals surface area contributed by atoms with Crippen LogP contribution < -0.4 is 15.0 Å². The molecule has 0 atom stereocenters. The predicted molar refractivity (Wildman–Crippen MR) is 83.2 cm³/mol. The molecule has 1 aromatic rings. The lowest BCUT2D eigenvalue weighted by atomic mass is 10.1. The zero-order valence-corrected chi connectivity index (χ0v) is 12.8. The van der Waals surface area contributed by atoms with Gasteiger partial charge in [-0.15, -0.1) is 0 Å². The molecule has 106 valence electrons. The van der Waals surface area contributed by atoms with E-state index in [1.54, 1.807) is 0 Å². The van der Waals surface area contributed by atoms with Gasteiger partial charge in [0.15, 0.2) is 0 Å². The second-order valence-corrected chi connectivity index (χ2v) is 6.03. The third-order valence-electron chi connectivity index (χ3n) is 2.65. The lowest BCUT2D eigenvalue weighted by molar-refractivity contribution is 0.341. The molecule has 1 N–H and O–H groups in total. The molecule has 1 rings (SSSR count). The number of nitrogens with one attached hydrogen (secondary N) is 1. The minimum atomic E-state index is 0.105. The van der Waals surface area contributed by atoms with Crippen LogP contribution in [0.1, 0.15) is 20.8 Å². The summed E-state index contributed by atoms with van der Waals surface area (Å²) in [7, 11) is 4.04. The average Bonchev–Trinajstić information content (AvgIpc) is 2.33. The van der Waals surface area contributed by atoms with E-state index in [0.29, 0.717) is 6.61 Å². The van der Waals surface area contributed by atoms with Gasteiger partial charge in [0, 0.05) is 37.9 Å². The molecule has 0 aromatic heterocycles. The fourth-order valence-electron chi connectivity index (χ4n) is 1.48. The molecule has 0 aliphatic carbocycles. The lowest BCUT2D eigenvalue weighted by Crippen LogP contribution is -2.37. The molecule has 0 heterocycles. The highest BCUT2D eigenvalue weighted by Gasteiger charge is 2.09. The Hall–Kier alpha value is -1.48. The van der Waals surface area contributed by atoms with Crippen LogP contribution >= 0.6 is 0 Å². The highest BCUT2D eigenvalue weighted by molar-refractivity contribution is 5.49. The van der Waals surface area contributed by atoms with Crippen molar-refractivity contribution in [2.24, 2.45) is 0 Å². The largest absolute Gasteiger partial charge is 0.489 e. The van der Waals surface area contributed by atoms with Gasteiger partial charge >= 0.3 is 0 Å². The van der Waals surface area contributed by atoms with E-state index in [0.717, 1.165) is 23.6 Å². The van der Waals surface area contributed by atoms with Gasteiger partial charge in [0.1, 0.15) is 12.4 Å². The molecule has 3 nitrogen and oxygen atoms in total. The molecule has 0 saturated heterocycles. The average molecular weight is 262 g/mol. The van der Waals surface area contributed by atoms with Gasteiger partial charge in [0.2, 0.25) is 0 Å². The Kier molecular flexibility index (Phi) is 5.43. The number of hydrogen-bond acceptors (Lipinski definition) is 3. The number of anilines is 1. The molecule has 3 heteroatoms. The van der Waals surface area contributed by atoms with Crippen molar-refractivity contribution in [3.63, 3.8) is 0 Å².